The number of rotatable bonds is 9. The van der Waals surface area contributed by atoms with E-state index in [0.717, 1.165) is 17.5 Å². The van der Waals surface area contributed by atoms with Crippen LogP contribution in [-0.4, -0.2) is 40.1 Å². The molecule has 2 N–H and O–H groups in total. The molecule has 8 nitrogen and oxygen atoms in total. The average molecular weight is 536 g/mol. The van der Waals surface area contributed by atoms with Crippen LogP contribution in [0.15, 0.2) is 77.7 Å². The van der Waals surface area contributed by atoms with Crippen LogP contribution in [0.3, 0.4) is 0 Å². The lowest BCUT2D eigenvalue weighted by atomic mass is 10.0. The first kappa shape index (κ1) is 27.2. The van der Waals surface area contributed by atoms with Crippen LogP contribution in [0.4, 0.5) is 10.5 Å². The molecule has 1 fully saturated rings. The van der Waals surface area contributed by atoms with Gasteiger partial charge in [0.2, 0.25) is 0 Å². The van der Waals surface area contributed by atoms with Crippen molar-refractivity contribution in [2.24, 2.45) is 0 Å². The molecule has 0 bridgehead atoms. The van der Waals surface area contributed by atoms with Crippen molar-refractivity contribution in [1.82, 2.24) is 10.0 Å². The van der Waals surface area contributed by atoms with E-state index in [0.29, 0.717) is 29.8 Å². The zero-order chi connectivity index (χ0) is 27.5. The van der Waals surface area contributed by atoms with Gasteiger partial charge in [0, 0.05) is 18.7 Å². The maximum Gasteiger partial charge on any atom is 0.329 e. The molecule has 1 unspecified atom stereocenters. The average Bonchev–Trinajstić information content (AvgIpc) is 3.66. The van der Waals surface area contributed by atoms with Crippen LogP contribution >= 0.6 is 0 Å². The second kappa shape index (κ2) is 10.9. The van der Waals surface area contributed by atoms with Gasteiger partial charge in [-0.25, -0.2) is 17.9 Å². The molecule has 0 saturated heterocycles. The summed E-state index contributed by atoms with van der Waals surface area (Å²) in [6.45, 7) is 3.89. The smallest absolute Gasteiger partial charge is 0.329 e. The fourth-order valence-corrected chi connectivity index (χ4v) is 6.03. The Labute approximate surface area is 224 Å². The van der Waals surface area contributed by atoms with Gasteiger partial charge in [-0.2, -0.15) is 0 Å². The Morgan fingerprint density at radius 3 is 2.37 bits per heavy atom. The molecule has 1 saturated carbocycles. The molecule has 3 aromatic carbocycles. The van der Waals surface area contributed by atoms with Gasteiger partial charge in [0.25, 0.3) is 15.9 Å². The molecule has 0 aromatic heterocycles. The van der Waals surface area contributed by atoms with Crippen molar-refractivity contribution < 1.29 is 22.7 Å². The van der Waals surface area contributed by atoms with Crippen LogP contribution < -0.4 is 19.7 Å². The second-order valence-corrected chi connectivity index (χ2v) is 11.1. The summed E-state index contributed by atoms with van der Waals surface area (Å²) in [4.78, 5) is 28.6. The Morgan fingerprint density at radius 1 is 1.00 bits per heavy atom. The van der Waals surface area contributed by atoms with Crippen molar-refractivity contribution in [3.8, 4) is 5.75 Å². The van der Waals surface area contributed by atoms with E-state index in [2.05, 4.69) is 10.0 Å². The number of benzene rings is 3. The highest BCUT2D eigenvalue weighted by molar-refractivity contribution is 7.90. The lowest BCUT2D eigenvalue weighted by Crippen LogP contribution is -2.54. The third kappa shape index (κ3) is 5.38. The molecule has 3 amide bonds. The van der Waals surface area contributed by atoms with Gasteiger partial charge in [-0.3, -0.25) is 4.79 Å². The van der Waals surface area contributed by atoms with Crippen molar-refractivity contribution in [1.29, 1.82) is 0 Å². The molecular weight excluding hydrogens is 502 g/mol. The van der Waals surface area contributed by atoms with Gasteiger partial charge in [-0.05, 0) is 66.3 Å². The third-order valence-corrected chi connectivity index (χ3v) is 8.51. The van der Waals surface area contributed by atoms with Gasteiger partial charge in [0.15, 0.2) is 0 Å². The molecular formula is C29H33N3O5S. The zero-order valence-electron chi connectivity index (χ0n) is 22.0. The fraction of sp³-hybridized carbons (Fsp3) is 0.310. The van der Waals surface area contributed by atoms with Crippen LogP contribution in [-0.2, 0) is 27.7 Å². The van der Waals surface area contributed by atoms with Crippen LogP contribution in [0.25, 0.3) is 0 Å². The molecule has 0 spiro atoms. The highest BCUT2D eigenvalue weighted by Gasteiger charge is 2.63. The number of hydrogen-bond acceptors (Lipinski definition) is 5. The van der Waals surface area contributed by atoms with E-state index in [4.69, 9.17) is 4.74 Å². The summed E-state index contributed by atoms with van der Waals surface area (Å²) >= 11 is 0. The number of carbonyl (C=O) groups excluding carboxylic acids is 2. The van der Waals surface area contributed by atoms with Crippen molar-refractivity contribution >= 4 is 27.6 Å². The van der Waals surface area contributed by atoms with Gasteiger partial charge in [0.1, 0.15) is 11.3 Å². The topological polar surface area (TPSA) is 105 Å². The van der Waals surface area contributed by atoms with Crippen LogP contribution in [0, 0.1) is 0 Å². The normalized spacial score (nSPS) is 18.4. The number of amides is 3. The number of urea groups is 1. The van der Waals surface area contributed by atoms with E-state index in [-0.39, 0.29) is 16.7 Å². The second-order valence-electron chi connectivity index (χ2n) is 9.41. The first-order valence-corrected chi connectivity index (χ1v) is 14.1. The number of likely N-dealkylation sites (N-methyl/N-ethyl adjacent to an activating group) is 1. The molecule has 0 radical (unpaired) electrons. The number of anilines is 1. The highest BCUT2D eigenvalue weighted by atomic mass is 32.2. The number of sulfonamides is 1. The van der Waals surface area contributed by atoms with E-state index in [1.807, 2.05) is 38.1 Å². The number of ether oxygens (including phenoxy) is 1. The predicted molar refractivity (Wildman–Crippen MR) is 147 cm³/mol. The molecule has 9 heteroatoms. The van der Waals surface area contributed by atoms with Gasteiger partial charge >= 0.3 is 6.03 Å². The largest absolute Gasteiger partial charge is 0.497 e. The SMILES string of the molecule is CCc1cccc(C2C[C@@]2(NC(=O)NS(=O)(=O)c2ccccc2CC)C(=O)N(C)c2ccc(OC)cc2)c1. The number of nitrogens with zero attached hydrogens (tertiary/aromatic N) is 1. The van der Waals surface area contributed by atoms with Crippen LogP contribution in [0.2, 0.25) is 0 Å². The minimum atomic E-state index is -4.15. The Hall–Kier alpha value is -3.85. The summed E-state index contributed by atoms with van der Waals surface area (Å²) in [5.74, 6) is 0.00900. The summed E-state index contributed by atoms with van der Waals surface area (Å²) in [7, 11) is -0.947. The predicted octanol–water partition coefficient (Wildman–Crippen LogP) is 4.40. The Morgan fingerprint density at radius 2 is 1.71 bits per heavy atom. The minimum Gasteiger partial charge on any atom is -0.497 e. The number of aryl methyl sites for hydroxylation is 2. The Kier molecular flexibility index (Phi) is 7.78. The van der Waals surface area contributed by atoms with Crippen molar-refractivity contribution in [2.75, 3.05) is 19.1 Å². The van der Waals surface area contributed by atoms with E-state index in [1.165, 1.54) is 11.0 Å². The maximum atomic E-state index is 13.9. The van der Waals surface area contributed by atoms with Crippen LogP contribution in [0.1, 0.15) is 42.9 Å². The van der Waals surface area contributed by atoms with Crippen LogP contribution in [0.5, 0.6) is 5.75 Å². The molecule has 0 heterocycles. The summed E-state index contributed by atoms with van der Waals surface area (Å²) in [5, 5.41) is 2.74. The number of methoxy groups -OCH3 is 1. The molecule has 2 atom stereocenters. The Balaban J connectivity index is 1.63. The van der Waals surface area contributed by atoms with E-state index in [1.54, 1.807) is 56.6 Å². The summed E-state index contributed by atoms with van der Waals surface area (Å²) in [6, 6.07) is 20.5. The summed E-state index contributed by atoms with van der Waals surface area (Å²) in [6.07, 6.45) is 1.67. The molecule has 200 valence electrons. The molecule has 0 aliphatic heterocycles. The van der Waals surface area contributed by atoms with E-state index in [9.17, 15) is 18.0 Å². The lowest BCUT2D eigenvalue weighted by molar-refractivity contribution is -0.121. The molecule has 3 aromatic rings. The quantitative estimate of drug-likeness (QED) is 0.423. The number of carbonyl (C=O) groups is 2. The standard InChI is InChI=1S/C29H33N3O5S/c1-5-20-10-9-12-22(18-20)25-19-29(25,27(33)32(3)23-14-16-24(37-4)17-15-23)30-28(34)31-38(35,36)26-13-8-7-11-21(26)6-2/h7-18,25H,5-6,19H2,1-4H3,(H2,30,31,34)/t25?,29-/m0/s1. The lowest BCUT2D eigenvalue weighted by Gasteiger charge is -2.26. The molecule has 4 rings (SSSR count). The van der Waals surface area contributed by atoms with E-state index >= 15 is 0 Å². The van der Waals surface area contributed by atoms with Crippen molar-refractivity contribution in [2.45, 2.75) is 49.5 Å². The highest BCUT2D eigenvalue weighted by Crippen LogP contribution is 2.53. The van der Waals surface area contributed by atoms with Gasteiger partial charge < -0.3 is 15.0 Å². The van der Waals surface area contributed by atoms with Crippen molar-refractivity contribution in [3.05, 3.63) is 89.5 Å². The van der Waals surface area contributed by atoms with Gasteiger partial charge in [-0.1, -0.05) is 56.3 Å². The number of nitrogens with one attached hydrogen (secondary N) is 2. The van der Waals surface area contributed by atoms with E-state index < -0.39 is 21.6 Å². The fourth-order valence-electron chi connectivity index (χ4n) is 4.81. The monoisotopic (exact) mass is 535 g/mol. The molecule has 1 aliphatic rings. The molecule has 38 heavy (non-hydrogen) atoms. The molecule has 1 aliphatic carbocycles. The third-order valence-electron chi connectivity index (χ3n) is 7.08. The first-order valence-electron chi connectivity index (χ1n) is 12.6. The maximum absolute atomic E-state index is 13.9. The number of hydrogen-bond donors (Lipinski definition) is 2. The summed E-state index contributed by atoms with van der Waals surface area (Å²) < 4.78 is 33.5. The zero-order valence-corrected chi connectivity index (χ0v) is 22.8. The summed E-state index contributed by atoms with van der Waals surface area (Å²) in [5.41, 5.74) is 1.95. The van der Waals surface area contributed by atoms with Gasteiger partial charge in [-0.15, -0.1) is 0 Å². The first-order chi connectivity index (χ1) is 18.1. The minimum absolute atomic E-state index is 0.0383. The Bertz CT molecular complexity index is 1440. The van der Waals surface area contributed by atoms with Crippen molar-refractivity contribution in [3.63, 3.8) is 0 Å². The van der Waals surface area contributed by atoms with Gasteiger partial charge in [0.05, 0.1) is 12.0 Å².